The molecule has 0 bridgehead atoms. The van der Waals surface area contributed by atoms with Crippen molar-refractivity contribution in [3.05, 3.63) is 41.3 Å². The second-order valence-electron chi connectivity index (χ2n) is 3.45. The molecule has 0 radical (unpaired) electrons. The van der Waals surface area contributed by atoms with Crippen molar-refractivity contribution in [1.29, 1.82) is 0 Å². The summed E-state index contributed by atoms with van der Waals surface area (Å²) in [4.78, 5) is 6.20. The number of H-pyrrole nitrogens is 1. The number of rotatable bonds is 3. The average molecular weight is 272 g/mol. The van der Waals surface area contributed by atoms with Gasteiger partial charge >= 0.3 is 0 Å². The van der Waals surface area contributed by atoms with E-state index in [0.29, 0.717) is 10.7 Å². The van der Waals surface area contributed by atoms with E-state index in [2.05, 4.69) is 14.7 Å². The lowest BCUT2D eigenvalue weighted by atomic mass is 10.2. The summed E-state index contributed by atoms with van der Waals surface area (Å²) in [5, 5.41) is 0.352. The van der Waals surface area contributed by atoms with E-state index in [-0.39, 0.29) is 5.03 Å². The maximum atomic E-state index is 11.9. The van der Waals surface area contributed by atoms with Crippen molar-refractivity contribution < 1.29 is 8.42 Å². The second kappa shape index (κ2) is 4.38. The number of benzene rings is 1. The largest absolute Gasteiger partial charge is 0.334 e. The fourth-order valence-electron chi connectivity index (χ4n) is 1.34. The van der Waals surface area contributed by atoms with Crippen molar-refractivity contribution in [1.82, 2.24) is 9.97 Å². The number of para-hydroxylation sites is 1. The van der Waals surface area contributed by atoms with E-state index in [1.54, 1.807) is 25.1 Å². The Labute approximate surface area is 104 Å². The molecule has 0 atom stereocenters. The molecular formula is C10H10ClN3O2S. The number of aromatic amines is 1. The van der Waals surface area contributed by atoms with Crippen LogP contribution in [0, 0.1) is 6.92 Å². The lowest BCUT2D eigenvalue weighted by molar-refractivity contribution is 0.598. The number of anilines is 1. The molecule has 1 aromatic carbocycles. The topological polar surface area (TPSA) is 74.8 Å². The fourth-order valence-corrected chi connectivity index (χ4v) is 2.72. The molecule has 0 fully saturated rings. The standard InChI is InChI=1S/C10H10ClN3O2S/c1-7-3-2-4-8(11)10(7)14-17(15,16)9-5-12-6-13-9/h2-6,14H,1H3,(H,12,13). The summed E-state index contributed by atoms with van der Waals surface area (Å²) < 4.78 is 26.3. The number of hydrogen-bond donors (Lipinski definition) is 2. The highest BCUT2D eigenvalue weighted by Crippen LogP contribution is 2.27. The predicted octanol–water partition coefficient (Wildman–Crippen LogP) is 2.17. The van der Waals surface area contributed by atoms with Gasteiger partial charge in [0.1, 0.15) is 0 Å². The lowest BCUT2D eigenvalue weighted by Crippen LogP contribution is -2.14. The minimum atomic E-state index is -3.67. The van der Waals surface area contributed by atoms with E-state index in [9.17, 15) is 8.42 Å². The van der Waals surface area contributed by atoms with Crippen LogP contribution in [-0.2, 0) is 10.0 Å². The molecular weight excluding hydrogens is 262 g/mol. The van der Waals surface area contributed by atoms with Crippen LogP contribution < -0.4 is 4.72 Å². The summed E-state index contributed by atoms with van der Waals surface area (Å²) in [6, 6.07) is 5.15. The van der Waals surface area contributed by atoms with E-state index in [4.69, 9.17) is 11.6 Å². The van der Waals surface area contributed by atoms with Crippen molar-refractivity contribution in [3.8, 4) is 0 Å². The zero-order chi connectivity index (χ0) is 12.5. The highest BCUT2D eigenvalue weighted by Gasteiger charge is 2.17. The van der Waals surface area contributed by atoms with Gasteiger partial charge in [0.05, 0.1) is 23.2 Å². The molecule has 1 aromatic heterocycles. The third kappa shape index (κ3) is 2.42. The van der Waals surface area contributed by atoms with Gasteiger partial charge in [-0.15, -0.1) is 0 Å². The number of nitrogens with zero attached hydrogens (tertiary/aromatic N) is 1. The molecule has 2 aromatic rings. The zero-order valence-electron chi connectivity index (χ0n) is 8.94. The Balaban J connectivity index is 2.40. The lowest BCUT2D eigenvalue weighted by Gasteiger charge is -2.10. The van der Waals surface area contributed by atoms with Gasteiger partial charge in [-0.25, -0.2) is 4.98 Å². The normalized spacial score (nSPS) is 11.4. The van der Waals surface area contributed by atoms with Crippen LogP contribution >= 0.6 is 11.6 Å². The minimum absolute atomic E-state index is 0.00294. The molecule has 0 saturated heterocycles. The molecule has 7 heteroatoms. The molecule has 1 heterocycles. The SMILES string of the molecule is Cc1cccc(Cl)c1NS(=O)(=O)c1cnc[nH]1. The van der Waals surface area contributed by atoms with Gasteiger partial charge in [0, 0.05) is 0 Å². The molecule has 2 rings (SSSR count). The first-order chi connectivity index (χ1) is 8.00. The second-order valence-corrected chi connectivity index (χ2v) is 5.51. The van der Waals surface area contributed by atoms with Gasteiger partial charge in [-0.1, -0.05) is 23.7 Å². The summed E-state index contributed by atoms with van der Waals surface area (Å²) in [5.41, 5.74) is 1.13. The molecule has 0 aliphatic carbocycles. The Hall–Kier alpha value is -1.53. The highest BCUT2D eigenvalue weighted by molar-refractivity contribution is 7.92. The van der Waals surface area contributed by atoms with Gasteiger partial charge in [-0.05, 0) is 18.6 Å². The molecule has 0 aliphatic heterocycles. The summed E-state index contributed by atoms with van der Waals surface area (Å²) in [6.07, 6.45) is 2.53. The zero-order valence-corrected chi connectivity index (χ0v) is 10.5. The van der Waals surface area contributed by atoms with Gasteiger partial charge in [0.25, 0.3) is 10.0 Å². The molecule has 90 valence electrons. The summed E-state index contributed by atoms with van der Waals surface area (Å²) >= 11 is 5.94. The van der Waals surface area contributed by atoms with Gasteiger partial charge in [-0.3, -0.25) is 4.72 Å². The Morgan fingerprint density at radius 1 is 1.41 bits per heavy atom. The Bertz CT molecular complexity index is 603. The van der Waals surface area contributed by atoms with Gasteiger partial charge < -0.3 is 4.98 Å². The Morgan fingerprint density at radius 2 is 2.18 bits per heavy atom. The van der Waals surface area contributed by atoms with E-state index < -0.39 is 10.0 Å². The number of aryl methyl sites for hydroxylation is 1. The van der Waals surface area contributed by atoms with Crippen LogP contribution in [-0.4, -0.2) is 18.4 Å². The number of hydrogen-bond acceptors (Lipinski definition) is 3. The van der Waals surface area contributed by atoms with Crippen molar-refractivity contribution in [3.63, 3.8) is 0 Å². The number of aromatic nitrogens is 2. The van der Waals surface area contributed by atoms with Crippen molar-refractivity contribution in [2.45, 2.75) is 11.9 Å². The monoisotopic (exact) mass is 271 g/mol. The van der Waals surface area contributed by atoms with Crippen LogP contribution in [0.4, 0.5) is 5.69 Å². The fraction of sp³-hybridized carbons (Fsp3) is 0.100. The van der Waals surface area contributed by atoms with Gasteiger partial charge in [0.15, 0.2) is 5.03 Å². The predicted molar refractivity (Wildman–Crippen MR) is 65.6 cm³/mol. The Kier molecular flexibility index (Phi) is 3.08. The van der Waals surface area contributed by atoms with Crippen LogP contribution in [0.15, 0.2) is 35.7 Å². The molecule has 2 N–H and O–H groups in total. The van der Waals surface area contributed by atoms with Gasteiger partial charge in [0.2, 0.25) is 0 Å². The van der Waals surface area contributed by atoms with Crippen LogP contribution in [0.25, 0.3) is 0 Å². The maximum absolute atomic E-state index is 11.9. The van der Waals surface area contributed by atoms with E-state index in [1.807, 2.05) is 0 Å². The summed E-state index contributed by atoms with van der Waals surface area (Å²) in [7, 11) is -3.67. The van der Waals surface area contributed by atoms with E-state index in [0.717, 1.165) is 5.56 Å². The minimum Gasteiger partial charge on any atom is -0.334 e. The smallest absolute Gasteiger partial charge is 0.279 e. The van der Waals surface area contributed by atoms with Crippen molar-refractivity contribution >= 4 is 27.3 Å². The molecule has 0 saturated carbocycles. The van der Waals surface area contributed by atoms with Crippen LogP contribution in [0.2, 0.25) is 5.02 Å². The number of sulfonamides is 1. The number of nitrogens with one attached hydrogen (secondary N) is 2. The van der Waals surface area contributed by atoms with E-state index >= 15 is 0 Å². The first kappa shape index (κ1) is 11.9. The third-order valence-electron chi connectivity index (χ3n) is 2.22. The van der Waals surface area contributed by atoms with Crippen molar-refractivity contribution in [2.75, 3.05) is 4.72 Å². The average Bonchev–Trinajstić information content (AvgIpc) is 2.77. The molecule has 0 spiro atoms. The first-order valence-corrected chi connectivity index (χ1v) is 6.63. The maximum Gasteiger partial charge on any atom is 0.279 e. The van der Waals surface area contributed by atoms with Crippen LogP contribution in [0.3, 0.4) is 0 Å². The molecule has 5 nitrogen and oxygen atoms in total. The highest BCUT2D eigenvalue weighted by atomic mass is 35.5. The van der Waals surface area contributed by atoms with E-state index in [1.165, 1.54) is 12.5 Å². The molecule has 0 amide bonds. The number of halogens is 1. The quantitative estimate of drug-likeness (QED) is 0.898. The molecule has 0 unspecified atom stereocenters. The van der Waals surface area contributed by atoms with Crippen molar-refractivity contribution in [2.24, 2.45) is 0 Å². The summed E-state index contributed by atoms with van der Waals surface area (Å²) in [5.74, 6) is 0. The molecule has 17 heavy (non-hydrogen) atoms. The van der Waals surface area contributed by atoms with Crippen LogP contribution in [0.1, 0.15) is 5.56 Å². The summed E-state index contributed by atoms with van der Waals surface area (Å²) in [6.45, 7) is 1.77. The first-order valence-electron chi connectivity index (χ1n) is 4.77. The number of imidazole rings is 1. The van der Waals surface area contributed by atoms with Gasteiger partial charge in [-0.2, -0.15) is 8.42 Å². The third-order valence-corrected chi connectivity index (χ3v) is 3.81. The molecule has 0 aliphatic rings. The van der Waals surface area contributed by atoms with Crippen LogP contribution in [0.5, 0.6) is 0 Å². The Morgan fingerprint density at radius 3 is 2.76 bits per heavy atom.